The van der Waals surface area contributed by atoms with Crippen LogP contribution in [0, 0.1) is 5.92 Å². The summed E-state index contributed by atoms with van der Waals surface area (Å²) in [5, 5.41) is 17.7. The second-order valence-corrected chi connectivity index (χ2v) is 4.52. The molecule has 1 rings (SSSR count). The van der Waals surface area contributed by atoms with E-state index in [1.165, 1.54) is 0 Å². The van der Waals surface area contributed by atoms with Gasteiger partial charge in [-0.2, -0.15) is 0 Å². The number of aryl methyl sites for hydroxylation is 1. The Morgan fingerprint density at radius 2 is 2.16 bits per heavy atom. The second kappa shape index (κ2) is 7.52. The van der Waals surface area contributed by atoms with Crippen molar-refractivity contribution in [3.05, 3.63) is 18.7 Å². The van der Waals surface area contributed by atoms with Gasteiger partial charge in [0.15, 0.2) is 0 Å². The van der Waals surface area contributed by atoms with Crippen molar-refractivity contribution in [3.63, 3.8) is 0 Å². The highest BCUT2D eigenvalue weighted by atomic mass is 16.4. The normalized spacial score (nSPS) is 12.5. The highest BCUT2D eigenvalue weighted by molar-refractivity contribution is 5.71. The predicted octanol–water partition coefficient (Wildman–Crippen LogP) is 0.381. The van der Waals surface area contributed by atoms with Crippen LogP contribution in [-0.2, 0) is 16.1 Å². The summed E-state index contributed by atoms with van der Waals surface area (Å²) >= 11 is 0. The van der Waals surface area contributed by atoms with Gasteiger partial charge in [0.25, 0.3) is 0 Å². The van der Waals surface area contributed by atoms with Gasteiger partial charge in [-0.15, -0.1) is 0 Å². The molecule has 0 aromatic carbocycles. The van der Waals surface area contributed by atoms with Crippen LogP contribution in [-0.4, -0.2) is 56.2 Å². The quantitative estimate of drug-likeness (QED) is 0.673. The minimum absolute atomic E-state index is 0.137. The Balaban J connectivity index is 2.40. The van der Waals surface area contributed by atoms with Gasteiger partial charge >= 0.3 is 11.9 Å². The van der Waals surface area contributed by atoms with Crippen molar-refractivity contribution < 1.29 is 19.8 Å². The van der Waals surface area contributed by atoms with Gasteiger partial charge in [-0.1, -0.05) is 6.92 Å². The molecule has 0 aliphatic heterocycles. The average Bonchev–Trinajstić information content (AvgIpc) is 2.80. The molecule has 2 N–H and O–H groups in total. The lowest BCUT2D eigenvalue weighted by atomic mass is 10.1. The van der Waals surface area contributed by atoms with Gasteiger partial charge in [-0.3, -0.25) is 14.5 Å². The molecule has 0 saturated heterocycles. The van der Waals surface area contributed by atoms with E-state index in [0.717, 1.165) is 13.0 Å². The van der Waals surface area contributed by atoms with Crippen LogP contribution in [0.25, 0.3) is 0 Å². The first-order valence-electron chi connectivity index (χ1n) is 6.11. The Morgan fingerprint density at radius 1 is 1.42 bits per heavy atom. The lowest BCUT2D eigenvalue weighted by molar-refractivity contribution is -0.144. The number of aromatic nitrogens is 2. The highest BCUT2D eigenvalue weighted by Crippen LogP contribution is 2.02. The van der Waals surface area contributed by atoms with E-state index in [2.05, 4.69) is 4.98 Å². The summed E-state index contributed by atoms with van der Waals surface area (Å²) in [6.45, 7) is 2.96. The van der Waals surface area contributed by atoms with Gasteiger partial charge in [-0.25, -0.2) is 4.98 Å². The van der Waals surface area contributed by atoms with E-state index in [4.69, 9.17) is 10.2 Å². The topological polar surface area (TPSA) is 95.7 Å². The van der Waals surface area contributed by atoms with Gasteiger partial charge in [0, 0.05) is 32.0 Å². The van der Waals surface area contributed by atoms with Crippen LogP contribution in [0.2, 0.25) is 0 Å². The van der Waals surface area contributed by atoms with E-state index in [1.54, 1.807) is 24.3 Å². The molecule has 0 saturated carbocycles. The van der Waals surface area contributed by atoms with Crippen molar-refractivity contribution in [1.29, 1.82) is 0 Å². The fraction of sp³-hybridized carbons (Fsp3) is 0.583. The lowest BCUT2D eigenvalue weighted by Crippen LogP contribution is -2.36. The summed E-state index contributed by atoms with van der Waals surface area (Å²) in [5.41, 5.74) is 0. The van der Waals surface area contributed by atoms with Gasteiger partial charge in [0.1, 0.15) is 0 Å². The molecule has 7 heteroatoms. The van der Waals surface area contributed by atoms with Gasteiger partial charge in [-0.05, 0) is 6.42 Å². The zero-order valence-corrected chi connectivity index (χ0v) is 10.9. The molecule has 0 bridgehead atoms. The molecular weight excluding hydrogens is 250 g/mol. The Labute approximate surface area is 111 Å². The maximum atomic E-state index is 10.8. The molecule has 7 nitrogen and oxygen atoms in total. The first kappa shape index (κ1) is 15.2. The van der Waals surface area contributed by atoms with Crippen molar-refractivity contribution in [3.8, 4) is 0 Å². The number of nitrogens with zero attached hydrogens (tertiary/aromatic N) is 3. The molecule has 1 aromatic heterocycles. The third kappa shape index (κ3) is 6.01. The van der Waals surface area contributed by atoms with Crippen molar-refractivity contribution in [2.45, 2.75) is 19.9 Å². The number of aliphatic carboxylic acids is 2. The number of carboxylic acids is 2. The Kier molecular flexibility index (Phi) is 6.01. The Bertz CT molecular complexity index is 405. The summed E-state index contributed by atoms with van der Waals surface area (Å²) in [6.07, 6.45) is 5.96. The van der Waals surface area contributed by atoms with E-state index >= 15 is 0 Å². The molecule has 106 valence electrons. The summed E-state index contributed by atoms with van der Waals surface area (Å²) in [5.74, 6) is -2.43. The minimum Gasteiger partial charge on any atom is -0.481 e. The predicted molar refractivity (Wildman–Crippen MR) is 67.7 cm³/mol. The largest absolute Gasteiger partial charge is 0.481 e. The first-order valence-corrected chi connectivity index (χ1v) is 6.11. The number of hydrogen-bond acceptors (Lipinski definition) is 4. The van der Waals surface area contributed by atoms with Crippen LogP contribution >= 0.6 is 0 Å². The third-order valence-corrected chi connectivity index (χ3v) is 2.76. The van der Waals surface area contributed by atoms with Crippen LogP contribution in [0.5, 0.6) is 0 Å². The van der Waals surface area contributed by atoms with Gasteiger partial charge in [0.05, 0.1) is 18.8 Å². The number of carbonyl (C=O) groups is 2. The van der Waals surface area contributed by atoms with E-state index in [1.807, 2.05) is 10.8 Å². The molecule has 0 spiro atoms. The molecule has 1 unspecified atom stereocenters. The molecule has 0 aliphatic rings. The number of rotatable bonds is 9. The summed E-state index contributed by atoms with van der Waals surface area (Å²) in [7, 11) is 0. The van der Waals surface area contributed by atoms with Gasteiger partial charge < -0.3 is 14.8 Å². The van der Waals surface area contributed by atoms with E-state index in [9.17, 15) is 9.59 Å². The lowest BCUT2D eigenvalue weighted by Gasteiger charge is -2.22. The fourth-order valence-electron chi connectivity index (χ4n) is 1.79. The Hall–Kier alpha value is -1.89. The minimum atomic E-state index is -0.944. The van der Waals surface area contributed by atoms with E-state index < -0.39 is 17.9 Å². The number of carboxylic acid groups (broad SMARTS) is 2. The fourth-order valence-corrected chi connectivity index (χ4v) is 1.79. The van der Waals surface area contributed by atoms with Gasteiger partial charge in [0.2, 0.25) is 0 Å². The number of imidazole rings is 1. The van der Waals surface area contributed by atoms with Crippen molar-refractivity contribution >= 4 is 11.9 Å². The molecule has 19 heavy (non-hydrogen) atoms. The van der Waals surface area contributed by atoms with Crippen molar-refractivity contribution in [2.75, 3.05) is 19.6 Å². The second-order valence-electron chi connectivity index (χ2n) is 4.52. The maximum Gasteiger partial charge on any atom is 0.317 e. The third-order valence-electron chi connectivity index (χ3n) is 2.76. The highest BCUT2D eigenvalue weighted by Gasteiger charge is 2.17. The SMILES string of the molecule is CC(CN(CCCn1ccnc1)CC(=O)O)C(=O)O. The molecule has 0 fully saturated rings. The maximum absolute atomic E-state index is 10.8. The molecule has 0 aliphatic carbocycles. The molecular formula is C12H19N3O4. The summed E-state index contributed by atoms with van der Waals surface area (Å²) in [4.78, 5) is 27.1. The molecule has 0 radical (unpaired) electrons. The van der Waals surface area contributed by atoms with E-state index in [0.29, 0.717) is 6.54 Å². The smallest absolute Gasteiger partial charge is 0.317 e. The molecule has 0 amide bonds. The van der Waals surface area contributed by atoms with Crippen LogP contribution in [0.3, 0.4) is 0 Å². The first-order chi connectivity index (χ1) is 8.99. The Morgan fingerprint density at radius 3 is 2.68 bits per heavy atom. The van der Waals surface area contributed by atoms with Crippen LogP contribution < -0.4 is 0 Å². The standard InChI is InChI=1S/C12H19N3O4/c1-10(12(18)19)7-15(8-11(16)17)5-2-4-14-6-3-13-9-14/h3,6,9-10H,2,4-5,7-8H2,1H3,(H,16,17)(H,18,19). The zero-order valence-electron chi connectivity index (χ0n) is 10.9. The summed E-state index contributed by atoms with van der Waals surface area (Å²) < 4.78 is 1.90. The van der Waals surface area contributed by atoms with Crippen molar-refractivity contribution in [2.24, 2.45) is 5.92 Å². The number of hydrogen-bond donors (Lipinski definition) is 2. The van der Waals surface area contributed by atoms with E-state index in [-0.39, 0.29) is 13.1 Å². The monoisotopic (exact) mass is 269 g/mol. The molecule has 1 atom stereocenters. The summed E-state index contributed by atoms with van der Waals surface area (Å²) in [6, 6.07) is 0. The van der Waals surface area contributed by atoms with Crippen LogP contribution in [0.15, 0.2) is 18.7 Å². The zero-order chi connectivity index (χ0) is 14.3. The molecule has 1 heterocycles. The average molecular weight is 269 g/mol. The van der Waals surface area contributed by atoms with Crippen molar-refractivity contribution in [1.82, 2.24) is 14.5 Å². The van der Waals surface area contributed by atoms with Crippen LogP contribution in [0.1, 0.15) is 13.3 Å². The van der Waals surface area contributed by atoms with Crippen LogP contribution in [0.4, 0.5) is 0 Å². The molecule has 1 aromatic rings.